The molecular formula is C13H13BrN2O3. The first-order chi connectivity index (χ1) is 9.13. The van der Waals surface area contributed by atoms with E-state index in [0.29, 0.717) is 6.54 Å². The highest BCUT2D eigenvalue weighted by atomic mass is 79.9. The van der Waals surface area contributed by atoms with Gasteiger partial charge in [0.2, 0.25) is 0 Å². The Morgan fingerprint density at radius 1 is 1.32 bits per heavy atom. The van der Waals surface area contributed by atoms with Crippen molar-refractivity contribution >= 4 is 21.9 Å². The summed E-state index contributed by atoms with van der Waals surface area (Å²) in [6.45, 7) is 0.557. The zero-order valence-electron chi connectivity index (χ0n) is 10.6. The summed E-state index contributed by atoms with van der Waals surface area (Å²) >= 11 is 3.37. The molecule has 5 nitrogen and oxygen atoms in total. The van der Waals surface area contributed by atoms with Crippen LogP contribution in [-0.4, -0.2) is 30.0 Å². The Bertz CT molecular complexity index is 578. The minimum absolute atomic E-state index is 0.280. The molecule has 0 saturated carbocycles. The molecule has 0 fully saturated rings. The third kappa shape index (κ3) is 3.14. The van der Waals surface area contributed by atoms with E-state index < -0.39 is 5.97 Å². The Hall–Kier alpha value is -1.82. The summed E-state index contributed by atoms with van der Waals surface area (Å²) in [5.41, 5.74) is 1.34. The van der Waals surface area contributed by atoms with Crippen molar-refractivity contribution in [3.8, 4) is 5.75 Å². The van der Waals surface area contributed by atoms with E-state index in [-0.39, 0.29) is 5.69 Å². The predicted octanol–water partition coefficient (Wildman–Crippen LogP) is 2.49. The van der Waals surface area contributed by atoms with Crippen LogP contribution in [0.4, 0.5) is 0 Å². The molecule has 19 heavy (non-hydrogen) atoms. The number of aromatic nitrogens is 2. The smallest absolute Gasteiger partial charge is 0.358 e. The number of esters is 1. The fraction of sp³-hybridized carbons (Fsp3) is 0.231. The average molecular weight is 325 g/mol. The Balaban J connectivity index is 2.18. The Morgan fingerprint density at radius 3 is 2.58 bits per heavy atom. The van der Waals surface area contributed by atoms with Crippen molar-refractivity contribution in [1.82, 2.24) is 9.78 Å². The van der Waals surface area contributed by atoms with E-state index >= 15 is 0 Å². The molecule has 0 atom stereocenters. The normalized spacial score (nSPS) is 10.3. The van der Waals surface area contributed by atoms with Gasteiger partial charge < -0.3 is 9.47 Å². The molecule has 0 bridgehead atoms. The van der Waals surface area contributed by atoms with E-state index in [1.54, 1.807) is 17.9 Å². The maximum absolute atomic E-state index is 11.4. The van der Waals surface area contributed by atoms with E-state index in [1.807, 2.05) is 24.3 Å². The monoisotopic (exact) mass is 324 g/mol. The molecule has 2 rings (SSSR count). The molecule has 0 aliphatic rings. The molecule has 100 valence electrons. The molecule has 0 amide bonds. The summed E-state index contributed by atoms with van der Waals surface area (Å²) in [4.78, 5) is 11.4. The first-order valence-corrected chi connectivity index (χ1v) is 6.38. The van der Waals surface area contributed by atoms with Crippen LogP contribution < -0.4 is 4.74 Å². The number of methoxy groups -OCH3 is 2. The molecule has 1 heterocycles. The van der Waals surface area contributed by atoms with Crippen LogP contribution in [0.5, 0.6) is 5.75 Å². The van der Waals surface area contributed by atoms with Crippen LogP contribution in [0.3, 0.4) is 0 Å². The number of carbonyl (C=O) groups excluding carboxylic acids is 1. The van der Waals surface area contributed by atoms with Crippen molar-refractivity contribution in [2.24, 2.45) is 0 Å². The minimum Gasteiger partial charge on any atom is -0.497 e. The van der Waals surface area contributed by atoms with Gasteiger partial charge in [0, 0.05) is 6.07 Å². The van der Waals surface area contributed by atoms with Crippen molar-refractivity contribution in [1.29, 1.82) is 0 Å². The van der Waals surface area contributed by atoms with Crippen molar-refractivity contribution in [2.45, 2.75) is 6.54 Å². The van der Waals surface area contributed by atoms with E-state index in [9.17, 15) is 4.79 Å². The number of ether oxygens (including phenoxy) is 2. The summed E-state index contributed by atoms with van der Waals surface area (Å²) in [5.74, 6) is 0.354. The van der Waals surface area contributed by atoms with Gasteiger partial charge in [-0.3, -0.25) is 4.68 Å². The highest BCUT2D eigenvalue weighted by molar-refractivity contribution is 9.10. The maximum Gasteiger partial charge on any atom is 0.358 e. The Morgan fingerprint density at radius 2 is 2.00 bits per heavy atom. The number of nitrogens with zero attached hydrogens (tertiary/aromatic N) is 2. The lowest BCUT2D eigenvalue weighted by atomic mass is 10.2. The molecule has 0 unspecified atom stereocenters. The number of halogens is 1. The summed E-state index contributed by atoms with van der Waals surface area (Å²) < 4.78 is 12.1. The van der Waals surface area contributed by atoms with Crippen LogP contribution in [0.25, 0.3) is 0 Å². The molecule has 0 spiro atoms. The number of hydrogen-bond acceptors (Lipinski definition) is 4. The average Bonchev–Trinajstić information content (AvgIpc) is 2.80. The molecule has 6 heteroatoms. The largest absolute Gasteiger partial charge is 0.497 e. The van der Waals surface area contributed by atoms with Gasteiger partial charge in [0.15, 0.2) is 5.69 Å². The highest BCUT2D eigenvalue weighted by Gasteiger charge is 2.13. The topological polar surface area (TPSA) is 53.4 Å². The molecule has 2 aromatic rings. The van der Waals surface area contributed by atoms with Gasteiger partial charge in [-0.2, -0.15) is 5.10 Å². The second-order valence-corrected chi connectivity index (χ2v) is 4.66. The van der Waals surface area contributed by atoms with Crippen LogP contribution in [0.15, 0.2) is 34.9 Å². The number of rotatable bonds is 4. The van der Waals surface area contributed by atoms with Gasteiger partial charge in [-0.05, 0) is 33.6 Å². The van der Waals surface area contributed by atoms with Gasteiger partial charge in [0.1, 0.15) is 10.4 Å². The lowest BCUT2D eigenvalue weighted by molar-refractivity contribution is 0.0593. The third-order valence-electron chi connectivity index (χ3n) is 2.62. The molecule has 0 saturated heterocycles. The summed E-state index contributed by atoms with van der Waals surface area (Å²) in [7, 11) is 2.96. The third-order valence-corrected chi connectivity index (χ3v) is 3.26. The van der Waals surface area contributed by atoms with Crippen molar-refractivity contribution in [3.05, 3.63) is 46.2 Å². The maximum atomic E-state index is 11.4. The Kier molecular flexibility index (Phi) is 4.21. The highest BCUT2D eigenvalue weighted by Crippen LogP contribution is 2.17. The summed E-state index contributed by atoms with van der Waals surface area (Å²) in [6.07, 6.45) is 0. The van der Waals surface area contributed by atoms with Gasteiger partial charge in [-0.25, -0.2) is 4.79 Å². The van der Waals surface area contributed by atoms with Crippen LogP contribution in [0, 0.1) is 0 Å². The van der Waals surface area contributed by atoms with Gasteiger partial charge >= 0.3 is 5.97 Å². The van der Waals surface area contributed by atoms with Crippen LogP contribution in [-0.2, 0) is 11.3 Å². The summed E-state index contributed by atoms with van der Waals surface area (Å²) in [5, 5.41) is 4.18. The van der Waals surface area contributed by atoms with E-state index in [0.717, 1.165) is 15.9 Å². The molecular weight excluding hydrogens is 312 g/mol. The van der Waals surface area contributed by atoms with Crippen molar-refractivity contribution in [2.75, 3.05) is 14.2 Å². The fourth-order valence-corrected chi connectivity index (χ4v) is 2.03. The lowest BCUT2D eigenvalue weighted by Crippen LogP contribution is -2.06. The van der Waals surface area contributed by atoms with E-state index in [4.69, 9.17) is 4.74 Å². The number of carbonyl (C=O) groups is 1. The lowest BCUT2D eigenvalue weighted by Gasteiger charge is -2.05. The quantitative estimate of drug-likeness (QED) is 0.811. The van der Waals surface area contributed by atoms with Crippen molar-refractivity contribution < 1.29 is 14.3 Å². The van der Waals surface area contributed by atoms with Crippen LogP contribution in [0.1, 0.15) is 16.1 Å². The molecule has 1 aromatic carbocycles. The molecule has 0 radical (unpaired) electrons. The van der Waals surface area contributed by atoms with Gasteiger partial charge in [-0.15, -0.1) is 0 Å². The molecule has 0 aliphatic carbocycles. The molecule has 0 aliphatic heterocycles. The SMILES string of the molecule is COC(=O)c1cc(Br)n(Cc2ccc(OC)cc2)n1. The van der Waals surface area contributed by atoms with Gasteiger partial charge in [0.05, 0.1) is 20.8 Å². The second kappa shape index (κ2) is 5.88. The molecule has 0 N–H and O–H groups in total. The van der Waals surface area contributed by atoms with E-state index in [2.05, 4.69) is 25.8 Å². The van der Waals surface area contributed by atoms with Gasteiger partial charge in [0.25, 0.3) is 0 Å². The van der Waals surface area contributed by atoms with E-state index in [1.165, 1.54) is 7.11 Å². The van der Waals surface area contributed by atoms with Crippen LogP contribution >= 0.6 is 15.9 Å². The Labute approximate surface area is 119 Å². The standard InChI is InChI=1S/C13H13BrN2O3/c1-18-10-5-3-9(4-6-10)8-16-12(14)7-11(15-16)13(17)19-2/h3-7H,8H2,1-2H3. The zero-order valence-corrected chi connectivity index (χ0v) is 12.2. The fourth-order valence-electron chi connectivity index (χ4n) is 1.61. The first-order valence-electron chi connectivity index (χ1n) is 5.58. The van der Waals surface area contributed by atoms with Gasteiger partial charge in [-0.1, -0.05) is 12.1 Å². The second-order valence-electron chi connectivity index (χ2n) is 3.85. The predicted molar refractivity (Wildman–Crippen MR) is 73.4 cm³/mol. The number of benzene rings is 1. The first kappa shape index (κ1) is 13.6. The zero-order chi connectivity index (χ0) is 13.8. The molecule has 1 aromatic heterocycles. The van der Waals surface area contributed by atoms with Crippen molar-refractivity contribution in [3.63, 3.8) is 0 Å². The minimum atomic E-state index is -0.450. The van der Waals surface area contributed by atoms with Crippen LogP contribution in [0.2, 0.25) is 0 Å². The number of hydrogen-bond donors (Lipinski definition) is 0. The summed E-state index contributed by atoms with van der Waals surface area (Å²) in [6, 6.07) is 9.30.